The third-order valence-electron chi connectivity index (χ3n) is 5.60. The maximum atomic E-state index is 13.3. The molecule has 1 atom stereocenters. The number of benzene rings is 2. The van der Waals surface area contributed by atoms with Crippen molar-refractivity contribution in [1.82, 2.24) is 10.6 Å². The van der Waals surface area contributed by atoms with Gasteiger partial charge in [-0.2, -0.15) is 0 Å². The van der Waals surface area contributed by atoms with Crippen molar-refractivity contribution in [1.29, 1.82) is 0 Å². The van der Waals surface area contributed by atoms with Crippen LogP contribution in [0.1, 0.15) is 23.2 Å². The van der Waals surface area contributed by atoms with Crippen molar-refractivity contribution < 1.29 is 22.3 Å². The Morgan fingerprint density at radius 2 is 1.91 bits per heavy atom. The maximum Gasteiger partial charge on any atom is 0.261 e. The van der Waals surface area contributed by atoms with Crippen LogP contribution in [0.4, 0.5) is 15.8 Å². The van der Waals surface area contributed by atoms with Gasteiger partial charge in [-0.3, -0.25) is 9.52 Å². The van der Waals surface area contributed by atoms with E-state index < -0.39 is 15.8 Å². The highest BCUT2D eigenvalue weighted by Crippen LogP contribution is 2.30. The maximum absolute atomic E-state index is 13.3. The minimum Gasteiger partial charge on any atom is -0.376 e. The zero-order chi connectivity index (χ0) is 22.6. The number of ether oxygens (including phenoxy) is 1. The first-order valence-corrected chi connectivity index (χ1v) is 12.2. The molecule has 0 saturated carbocycles. The number of piperazine rings is 1. The SMILES string of the molecule is O=C(NCC1CCCO1)c1ccc(N2CCNCC2)c(NS(=O)(=O)c2ccc(F)cc2)c1. The van der Waals surface area contributed by atoms with E-state index in [1.807, 2.05) is 0 Å². The summed E-state index contributed by atoms with van der Waals surface area (Å²) in [6.45, 7) is 4.07. The van der Waals surface area contributed by atoms with E-state index in [-0.39, 0.29) is 16.9 Å². The molecule has 2 fully saturated rings. The van der Waals surface area contributed by atoms with Crippen LogP contribution in [-0.2, 0) is 14.8 Å². The Morgan fingerprint density at radius 3 is 2.59 bits per heavy atom. The van der Waals surface area contributed by atoms with Crippen LogP contribution in [0.25, 0.3) is 0 Å². The van der Waals surface area contributed by atoms with Crippen molar-refractivity contribution in [3.63, 3.8) is 0 Å². The molecule has 2 aromatic carbocycles. The van der Waals surface area contributed by atoms with E-state index >= 15 is 0 Å². The van der Waals surface area contributed by atoms with Gasteiger partial charge >= 0.3 is 0 Å². The molecule has 2 aliphatic heterocycles. The molecular weight excluding hydrogens is 435 g/mol. The topological polar surface area (TPSA) is 99.8 Å². The van der Waals surface area contributed by atoms with Gasteiger partial charge in [0.1, 0.15) is 5.82 Å². The lowest BCUT2D eigenvalue weighted by atomic mass is 10.1. The number of rotatable bonds is 7. The third-order valence-corrected chi connectivity index (χ3v) is 6.98. The molecule has 0 spiro atoms. The summed E-state index contributed by atoms with van der Waals surface area (Å²) in [6.07, 6.45) is 1.90. The van der Waals surface area contributed by atoms with Crippen molar-refractivity contribution in [2.24, 2.45) is 0 Å². The largest absolute Gasteiger partial charge is 0.376 e. The number of nitrogens with zero attached hydrogens (tertiary/aromatic N) is 1. The normalized spacial score (nSPS) is 19.0. The van der Waals surface area contributed by atoms with Gasteiger partial charge in [0.2, 0.25) is 0 Å². The van der Waals surface area contributed by atoms with Crippen LogP contribution in [-0.4, -0.2) is 59.8 Å². The van der Waals surface area contributed by atoms with Crippen LogP contribution in [0.2, 0.25) is 0 Å². The average molecular weight is 463 g/mol. The fourth-order valence-corrected chi connectivity index (χ4v) is 4.94. The van der Waals surface area contributed by atoms with Gasteiger partial charge in [0.05, 0.1) is 22.4 Å². The molecule has 0 aromatic heterocycles. The molecule has 10 heteroatoms. The van der Waals surface area contributed by atoms with Crippen LogP contribution >= 0.6 is 0 Å². The molecule has 4 rings (SSSR count). The Morgan fingerprint density at radius 1 is 1.16 bits per heavy atom. The molecule has 2 aromatic rings. The molecule has 0 radical (unpaired) electrons. The lowest BCUT2D eigenvalue weighted by Crippen LogP contribution is -2.43. The molecule has 172 valence electrons. The van der Waals surface area contributed by atoms with Crippen molar-refractivity contribution in [2.45, 2.75) is 23.8 Å². The first-order chi connectivity index (χ1) is 15.4. The Hall–Kier alpha value is -2.69. The highest BCUT2D eigenvalue weighted by atomic mass is 32.2. The van der Waals surface area contributed by atoms with E-state index in [4.69, 9.17) is 4.74 Å². The minimum atomic E-state index is -3.97. The predicted octanol–water partition coefficient (Wildman–Crippen LogP) is 1.94. The Bertz CT molecular complexity index is 1050. The monoisotopic (exact) mass is 462 g/mol. The number of hydrogen-bond acceptors (Lipinski definition) is 6. The fraction of sp³-hybridized carbons (Fsp3) is 0.409. The summed E-state index contributed by atoms with van der Waals surface area (Å²) >= 11 is 0. The zero-order valence-corrected chi connectivity index (χ0v) is 18.5. The number of carbonyl (C=O) groups is 1. The highest BCUT2D eigenvalue weighted by molar-refractivity contribution is 7.92. The zero-order valence-electron chi connectivity index (χ0n) is 17.6. The Labute approximate surface area is 187 Å². The molecule has 2 aliphatic rings. The molecule has 32 heavy (non-hydrogen) atoms. The summed E-state index contributed by atoms with van der Waals surface area (Å²) in [7, 11) is -3.97. The van der Waals surface area contributed by atoms with E-state index in [1.165, 1.54) is 12.1 Å². The number of hydrogen-bond donors (Lipinski definition) is 3. The Kier molecular flexibility index (Phi) is 6.92. The number of anilines is 2. The van der Waals surface area contributed by atoms with Gasteiger partial charge in [-0.25, -0.2) is 12.8 Å². The Balaban J connectivity index is 1.59. The van der Waals surface area contributed by atoms with E-state index in [0.717, 1.165) is 38.1 Å². The summed E-state index contributed by atoms with van der Waals surface area (Å²) in [4.78, 5) is 14.7. The van der Waals surface area contributed by atoms with Crippen LogP contribution in [0.15, 0.2) is 47.4 Å². The van der Waals surface area contributed by atoms with E-state index in [1.54, 1.807) is 18.2 Å². The molecule has 0 aliphatic carbocycles. The standard InChI is InChI=1S/C22H27FN4O4S/c23-17-4-6-19(7-5-17)32(29,30)26-20-14-16(22(28)25-15-18-2-1-13-31-18)3-8-21(20)27-11-9-24-10-12-27/h3-8,14,18,24,26H,1-2,9-13,15H2,(H,25,28). The number of sulfonamides is 1. The first-order valence-electron chi connectivity index (χ1n) is 10.7. The summed E-state index contributed by atoms with van der Waals surface area (Å²) in [5.74, 6) is -0.815. The molecule has 0 bridgehead atoms. The van der Waals surface area contributed by atoms with E-state index in [0.29, 0.717) is 43.2 Å². The van der Waals surface area contributed by atoms with Gasteiger partial charge in [-0.15, -0.1) is 0 Å². The van der Waals surface area contributed by atoms with Gasteiger partial charge in [-0.05, 0) is 55.3 Å². The summed E-state index contributed by atoms with van der Waals surface area (Å²) < 4.78 is 47.3. The number of halogens is 1. The first kappa shape index (κ1) is 22.5. The number of nitrogens with one attached hydrogen (secondary N) is 3. The lowest BCUT2D eigenvalue weighted by molar-refractivity contribution is 0.0858. The van der Waals surface area contributed by atoms with Crippen molar-refractivity contribution in [2.75, 3.05) is 49.0 Å². The third kappa shape index (κ3) is 5.37. The van der Waals surface area contributed by atoms with Crippen molar-refractivity contribution in [3.05, 3.63) is 53.8 Å². The fourth-order valence-electron chi connectivity index (χ4n) is 3.87. The second kappa shape index (κ2) is 9.85. The lowest BCUT2D eigenvalue weighted by Gasteiger charge is -2.31. The van der Waals surface area contributed by atoms with Crippen molar-refractivity contribution in [3.8, 4) is 0 Å². The van der Waals surface area contributed by atoms with Gasteiger partial charge in [0.25, 0.3) is 15.9 Å². The van der Waals surface area contributed by atoms with Gasteiger partial charge in [-0.1, -0.05) is 0 Å². The van der Waals surface area contributed by atoms with Gasteiger partial charge in [0, 0.05) is 44.9 Å². The van der Waals surface area contributed by atoms with Crippen LogP contribution in [0.3, 0.4) is 0 Å². The molecule has 1 unspecified atom stereocenters. The van der Waals surface area contributed by atoms with Crippen LogP contribution in [0.5, 0.6) is 0 Å². The van der Waals surface area contributed by atoms with Gasteiger partial charge in [0.15, 0.2) is 0 Å². The number of amides is 1. The number of carbonyl (C=O) groups excluding carboxylic acids is 1. The van der Waals surface area contributed by atoms with Crippen LogP contribution in [0, 0.1) is 5.82 Å². The van der Waals surface area contributed by atoms with E-state index in [9.17, 15) is 17.6 Å². The molecule has 8 nitrogen and oxygen atoms in total. The summed E-state index contributed by atoms with van der Waals surface area (Å²) in [5, 5.41) is 6.13. The van der Waals surface area contributed by atoms with Gasteiger partial charge < -0.3 is 20.3 Å². The average Bonchev–Trinajstić information content (AvgIpc) is 3.32. The second-order valence-corrected chi connectivity index (χ2v) is 9.56. The molecule has 2 saturated heterocycles. The summed E-state index contributed by atoms with van der Waals surface area (Å²) in [5.41, 5.74) is 1.34. The van der Waals surface area contributed by atoms with E-state index in [2.05, 4.69) is 20.3 Å². The molecule has 2 heterocycles. The minimum absolute atomic E-state index is 0.00974. The molecular formula is C22H27FN4O4S. The predicted molar refractivity (Wildman–Crippen MR) is 120 cm³/mol. The highest BCUT2D eigenvalue weighted by Gasteiger charge is 2.22. The quantitative estimate of drug-likeness (QED) is 0.582. The summed E-state index contributed by atoms with van der Waals surface area (Å²) in [6, 6.07) is 9.61. The van der Waals surface area contributed by atoms with Crippen molar-refractivity contribution >= 4 is 27.3 Å². The van der Waals surface area contributed by atoms with Crippen LogP contribution < -0.4 is 20.3 Å². The molecule has 1 amide bonds. The molecule has 3 N–H and O–H groups in total. The second-order valence-electron chi connectivity index (χ2n) is 7.87. The smallest absolute Gasteiger partial charge is 0.261 e.